The fraction of sp³-hybridized carbons (Fsp3) is 0.500. The zero-order valence-electron chi connectivity index (χ0n) is 17.7. The molecule has 0 amide bonds. The molecule has 29 heavy (non-hydrogen) atoms. The van der Waals surface area contributed by atoms with E-state index in [9.17, 15) is 0 Å². The Labute approximate surface area is 171 Å². The van der Waals surface area contributed by atoms with Gasteiger partial charge in [-0.15, -0.1) is 0 Å². The molecule has 3 aromatic rings. The second kappa shape index (κ2) is 8.27. The summed E-state index contributed by atoms with van der Waals surface area (Å²) in [4.78, 5) is 9.33. The number of hydrogen-bond acceptors (Lipinski definition) is 6. The van der Waals surface area contributed by atoms with Gasteiger partial charge in [-0.3, -0.25) is 0 Å². The van der Waals surface area contributed by atoms with E-state index < -0.39 is 0 Å². The molecule has 0 bridgehead atoms. The van der Waals surface area contributed by atoms with E-state index in [1.165, 1.54) is 32.1 Å². The highest BCUT2D eigenvalue weighted by molar-refractivity contribution is 5.81. The van der Waals surface area contributed by atoms with Gasteiger partial charge in [-0.05, 0) is 50.3 Å². The molecule has 0 atom stereocenters. The summed E-state index contributed by atoms with van der Waals surface area (Å²) in [6.45, 7) is 4.85. The van der Waals surface area contributed by atoms with Crippen LogP contribution in [0.5, 0.6) is 11.5 Å². The third kappa shape index (κ3) is 3.86. The summed E-state index contributed by atoms with van der Waals surface area (Å²) in [5, 5.41) is 8.29. The lowest BCUT2D eigenvalue weighted by molar-refractivity contribution is 0.355. The van der Waals surface area contributed by atoms with E-state index in [0.29, 0.717) is 17.4 Å². The quantitative estimate of drug-likeness (QED) is 0.666. The van der Waals surface area contributed by atoms with Gasteiger partial charge in [0.2, 0.25) is 5.95 Å². The molecular formula is C22H29N5O2. The Kier molecular flexibility index (Phi) is 5.56. The van der Waals surface area contributed by atoms with Crippen LogP contribution in [0.4, 0.5) is 5.95 Å². The lowest BCUT2D eigenvalue weighted by Gasteiger charge is -2.22. The van der Waals surface area contributed by atoms with Gasteiger partial charge in [0.15, 0.2) is 17.1 Å². The first kappa shape index (κ1) is 19.5. The predicted molar refractivity (Wildman–Crippen MR) is 114 cm³/mol. The van der Waals surface area contributed by atoms with Crippen molar-refractivity contribution in [1.29, 1.82) is 0 Å². The third-order valence-electron chi connectivity index (χ3n) is 5.72. The van der Waals surface area contributed by atoms with E-state index in [0.717, 1.165) is 40.8 Å². The average Bonchev–Trinajstić information content (AvgIpc) is 3.07. The number of ether oxygens (including phenoxy) is 2. The van der Waals surface area contributed by atoms with Crippen molar-refractivity contribution in [2.75, 3.05) is 26.1 Å². The van der Waals surface area contributed by atoms with Crippen molar-refractivity contribution in [1.82, 2.24) is 19.6 Å². The number of nitrogens with one attached hydrogen (secondary N) is 1. The number of nitrogens with zero attached hydrogens (tertiary/aromatic N) is 4. The molecule has 2 heterocycles. The van der Waals surface area contributed by atoms with Crippen LogP contribution in [0, 0.1) is 19.8 Å². The molecule has 1 N–H and O–H groups in total. The first-order chi connectivity index (χ1) is 14.1. The van der Waals surface area contributed by atoms with Gasteiger partial charge in [-0.25, -0.2) is 4.98 Å². The molecule has 154 valence electrons. The number of aryl methyl sites for hydroxylation is 2. The summed E-state index contributed by atoms with van der Waals surface area (Å²) >= 11 is 0. The third-order valence-corrected chi connectivity index (χ3v) is 5.72. The molecule has 1 fully saturated rings. The molecule has 1 saturated carbocycles. The highest BCUT2D eigenvalue weighted by Crippen LogP contribution is 2.35. The van der Waals surface area contributed by atoms with Crippen LogP contribution in [0.2, 0.25) is 0 Å². The molecule has 1 aromatic carbocycles. The summed E-state index contributed by atoms with van der Waals surface area (Å²) in [6.07, 6.45) is 6.59. The van der Waals surface area contributed by atoms with Crippen molar-refractivity contribution in [3.63, 3.8) is 0 Å². The largest absolute Gasteiger partial charge is 0.493 e. The summed E-state index contributed by atoms with van der Waals surface area (Å²) in [5.74, 6) is 3.57. The maximum Gasteiger partial charge on any atom is 0.227 e. The first-order valence-electron chi connectivity index (χ1n) is 10.3. The highest BCUT2D eigenvalue weighted by atomic mass is 16.5. The topological polar surface area (TPSA) is 73.6 Å². The van der Waals surface area contributed by atoms with E-state index in [1.54, 1.807) is 14.2 Å². The minimum Gasteiger partial charge on any atom is -0.493 e. The van der Waals surface area contributed by atoms with Gasteiger partial charge in [0.1, 0.15) is 5.82 Å². The maximum atomic E-state index is 5.48. The number of benzene rings is 1. The Hall–Kier alpha value is -2.83. The van der Waals surface area contributed by atoms with Crippen LogP contribution in [-0.4, -0.2) is 40.3 Å². The van der Waals surface area contributed by atoms with E-state index in [4.69, 9.17) is 19.6 Å². The number of aromatic nitrogens is 4. The Morgan fingerprint density at radius 1 is 1.03 bits per heavy atom. The SMILES string of the molecule is COc1ccc(-c2c(C)nn3c(NCC4CCCCC4)nc(C)nc23)cc1OC. The van der Waals surface area contributed by atoms with Gasteiger partial charge in [0, 0.05) is 12.1 Å². The fourth-order valence-electron chi connectivity index (χ4n) is 4.22. The van der Waals surface area contributed by atoms with Crippen LogP contribution >= 0.6 is 0 Å². The molecule has 1 aliphatic carbocycles. The van der Waals surface area contributed by atoms with Gasteiger partial charge in [0.25, 0.3) is 0 Å². The van der Waals surface area contributed by atoms with Gasteiger partial charge >= 0.3 is 0 Å². The van der Waals surface area contributed by atoms with Crippen LogP contribution in [-0.2, 0) is 0 Å². The predicted octanol–water partition coefficient (Wildman–Crippen LogP) is 4.42. The second-order valence-electron chi connectivity index (χ2n) is 7.74. The maximum absolute atomic E-state index is 5.48. The Morgan fingerprint density at radius 3 is 2.52 bits per heavy atom. The fourth-order valence-corrected chi connectivity index (χ4v) is 4.22. The highest BCUT2D eigenvalue weighted by Gasteiger charge is 2.19. The average molecular weight is 396 g/mol. The van der Waals surface area contributed by atoms with Crippen LogP contribution < -0.4 is 14.8 Å². The number of rotatable bonds is 6. The van der Waals surface area contributed by atoms with Crippen molar-refractivity contribution in [3.05, 3.63) is 29.7 Å². The Bertz CT molecular complexity index is 1010. The van der Waals surface area contributed by atoms with Crippen molar-refractivity contribution in [2.24, 2.45) is 5.92 Å². The molecule has 0 radical (unpaired) electrons. The summed E-state index contributed by atoms with van der Waals surface area (Å²) in [6, 6.07) is 5.89. The van der Waals surface area contributed by atoms with Gasteiger partial charge in [-0.1, -0.05) is 25.3 Å². The molecule has 2 aromatic heterocycles. The van der Waals surface area contributed by atoms with E-state index in [1.807, 2.05) is 36.6 Å². The minimum atomic E-state index is 0.685. The van der Waals surface area contributed by atoms with Gasteiger partial charge < -0.3 is 14.8 Å². The second-order valence-corrected chi connectivity index (χ2v) is 7.74. The van der Waals surface area contributed by atoms with Gasteiger partial charge in [0.05, 0.1) is 19.9 Å². The Morgan fingerprint density at radius 2 is 1.79 bits per heavy atom. The van der Waals surface area contributed by atoms with Crippen molar-refractivity contribution < 1.29 is 9.47 Å². The monoisotopic (exact) mass is 395 g/mol. The van der Waals surface area contributed by atoms with Crippen LogP contribution in [0.3, 0.4) is 0 Å². The van der Waals surface area contributed by atoms with E-state index >= 15 is 0 Å². The molecule has 0 saturated heterocycles. The standard InChI is InChI=1S/C22H29N5O2/c1-14-20(17-10-11-18(28-3)19(12-17)29-4)21-24-15(2)25-22(27(21)26-14)23-13-16-8-6-5-7-9-16/h10-12,16H,5-9,13H2,1-4H3,(H,23,24,25). The molecule has 0 aliphatic heterocycles. The minimum absolute atomic E-state index is 0.685. The lowest BCUT2D eigenvalue weighted by atomic mass is 9.89. The number of anilines is 1. The smallest absolute Gasteiger partial charge is 0.227 e. The zero-order valence-corrected chi connectivity index (χ0v) is 17.7. The molecule has 4 rings (SSSR count). The molecule has 1 aliphatic rings. The molecule has 7 nitrogen and oxygen atoms in total. The molecule has 0 unspecified atom stereocenters. The zero-order chi connectivity index (χ0) is 20.4. The summed E-state index contributed by atoms with van der Waals surface area (Å²) in [5.41, 5.74) is 3.68. The Balaban J connectivity index is 1.72. The van der Waals surface area contributed by atoms with Crippen molar-refractivity contribution in [2.45, 2.75) is 46.0 Å². The molecule has 0 spiro atoms. The lowest BCUT2D eigenvalue weighted by Crippen LogP contribution is -2.20. The normalized spacial score (nSPS) is 14.9. The molecular weight excluding hydrogens is 366 g/mol. The van der Waals surface area contributed by atoms with E-state index in [-0.39, 0.29) is 0 Å². The van der Waals surface area contributed by atoms with Crippen LogP contribution in [0.15, 0.2) is 18.2 Å². The van der Waals surface area contributed by atoms with Crippen molar-refractivity contribution >= 4 is 11.6 Å². The van der Waals surface area contributed by atoms with E-state index in [2.05, 4.69) is 10.3 Å². The number of hydrogen-bond donors (Lipinski definition) is 1. The van der Waals surface area contributed by atoms with Crippen LogP contribution in [0.25, 0.3) is 16.8 Å². The summed E-state index contributed by atoms with van der Waals surface area (Å²) in [7, 11) is 3.28. The molecule has 7 heteroatoms. The summed E-state index contributed by atoms with van der Waals surface area (Å²) < 4.78 is 12.7. The van der Waals surface area contributed by atoms with Crippen molar-refractivity contribution in [3.8, 4) is 22.6 Å². The number of methoxy groups -OCH3 is 2. The van der Waals surface area contributed by atoms with Crippen LogP contribution in [0.1, 0.15) is 43.6 Å². The first-order valence-corrected chi connectivity index (χ1v) is 10.3. The van der Waals surface area contributed by atoms with Gasteiger partial charge in [-0.2, -0.15) is 14.6 Å². The number of fused-ring (bicyclic) bond motifs is 1.